The fourth-order valence-electron chi connectivity index (χ4n) is 1.90. The number of nitrogens with two attached hydrogens (primary N) is 1. The van der Waals surface area contributed by atoms with E-state index in [0.717, 1.165) is 11.7 Å². The minimum Gasteiger partial charge on any atom is -0.327 e. The summed E-state index contributed by atoms with van der Waals surface area (Å²) in [6.45, 7) is 10.4. The molecule has 0 amide bonds. The van der Waals surface area contributed by atoms with E-state index >= 15 is 0 Å². The van der Waals surface area contributed by atoms with Crippen LogP contribution in [0.1, 0.15) is 33.6 Å². The Morgan fingerprint density at radius 3 is 2.80 bits per heavy atom. The topological polar surface area (TPSA) is 29.3 Å². The Hall–Kier alpha value is 0.270. The summed E-state index contributed by atoms with van der Waals surface area (Å²) < 4.78 is 0. The lowest BCUT2D eigenvalue weighted by Crippen LogP contribution is -2.40. The second-order valence-corrected chi connectivity index (χ2v) is 6.31. The summed E-state index contributed by atoms with van der Waals surface area (Å²) in [4.78, 5) is 2.59. The van der Waals surface area contributed by atoms with Crippen LogP contribution in [-0.4, -0.2) is 41.6 Å². The Labute approximate surface area is 99.0 Å². The molecule has 15 heavy (non-hydrogen) atoms. The number of hydrogen-bond acceptors (Lipinski definition) is 3. The lowest BCUT2D eigenvalue weighted by atomic mass is 10.0. The van der Waals surface area contributed by atoms with Gasteiger partial charge in [0.05, 0.1) is 0 Å². The Bertz CT molecular complexity index is 173. The van der Waals surface area contributed by atoms with E-state index in [4.69, 9.17) is 5.73 Å². The van der Waals surface area contributed by atoms with Gasteiger partial charge in [-0.3, -0.25) is 0 Å². The Morgan fingerprint density at radius 1 is 1.47 bits per heavy atom. The Morgan fingerprint density at radius 2 is 2.20 bits per heavy atom. The molecule has 1 aliphatic heterocycles. The molecule has 90 valence electrons. The van der Waals surface area contributed by atoms with Gasteiger partial charge in [0, 0.05) is 30.1 Å². The van der Waals surface area contributed by atoms with Crippen molar-refractivity contribution >= 4 is 11.8 Å². The van der Waals surface area contributed by atoms with Gasteiger partial charge in [0.2, 0.25) is 0 Å². The molecular formula is C12H26N2S. The van der Waals surface area contributed by atoms with Gasteiger partial charge in [-0.25, -0.2) is 0 Å². The second kappa shape index (κ2) is 6.77. The first-order valence-electron chi connectivity index (χ1n) is 6.23. The molecule has 2 atom stereocenters. The van der Waals surface area contributed by atoms with Gasteiger partial charge in [0.15, 0.2) is 0 Å². The Kier molecular flexibility index (Phi) is 6.02. The molecule has 0 saturated carbocycles. The molecule has 0 aromatic heterocycles. The second-order valence-electron chi connectivity index (χ2n) is 4.90. The predicted molar refractivity (Wildman–Crippen MR) is 70.4 cm³/mol. The molecule has 2 nitrogen and oxygen atoms in total. The van der Waals surface area contributed by atoms with Crippen molar-refractivity contribution in [2.45, 2.75) is 44.9 Å². The average molecular weight is 230 g/mol. The summed E-state index contributed by atoms with van der Waals surface area (Å²) in [5.74, 6) is 1.92. The number of hydrogen-bond donors (Lipinski definition) is 1. The number of thioether (sulfide) groups is 1. The molecule has 0 aliphatic carbocycles. The van der Waals surface area contributed by atoms with Crippen LogP contribution in [0, 0.1) is 5.92 Å². The van der Waals surface area contributed by atoms with Crippen LogP contribution in [0.25, 0.3) is 0 Å². The highest BCUT2D eigenvalue weighted by molar-refractivity contribution is 8.00. The van der Waals surface area contributed by atoms with Crippen LogP contribution in [-0.2, 0) is 0 Å². The highest BCUT2D eigenvalue weighted by Crippen LogP contribution is 2.21. The fourth-order valence-corrected chi connectivity index (χ4v) is 3.14. The maximum Gasteiger partial charge on any atom is 0.0172 e. The van der Waals surface area contributed by atoms with Gasteiger partial charge in [-0.1, -0.05) is 20.8 Å². The summed E-state index contributed by atoms with van der Waals surface area (Å²) in [6, 6.07) is 0.375. The van der Waals surface area contributed by atoms with Gasteiger partial charge in [-0.2, -0.15) is 11.8 Å². The van der Waals surface area contributed by atoms with Gasteiger partial charge in [0.1, 0.15) is 0 Å². The average Bonchev–Trinajstić information content (AvgIpc) is 2.26. The highest BCUT2D eigenvalue weighted by Gasteiger charge is 2.19. The first-order chi connectivity index (χ1) is 7.13. The molecule has 1 rings (SSSR count). The SMILES string of the molecule is CCC1CN(CCC(N)C(C)C)CCS1. The van der Waals surface area contributed by atoms with Gasteiger partial charge in [-0.05, 0) is 25.3 Å². The van der Waals surface area contributed by atoms with E-state index in [-0.39, 0.29) is 0 Å². The van der Waals surface area contributed by atoms with Gasteiger partial charge >= 0.3 is 0 Å². The van der Waals surface area contributed by atoms with Gasteiger partial charge < -0.3 is 10.6 Å². The van der Waals surface area contributed by atoms with Crippen LogP contribution >= 0.6 is 11.8 Å². The zero-order valence-electron chi connectivity index (χ0n) is 10.4. The first kappa shape index (κ1) is 13.3. The summed E-state index contributed by atoms with van der Waals surface area (Å²) >= 11 is 2.13. The number of rotatable bonds is 5. The molecule has 1 saturated heterocycles. The van der Waals surface area contributed by atoms with Gasteiger partial charge in [0.25, 0.3) is 0 Å². The van der Waals surface area contributed by atoms with E-state index in [2.05, 4.69) is 37.4 Å². The predicted octanol–water partition coefficient (Wildman–Crippen LogP) is 2.19. The third-order valence-corrected chi connectivity index (χ3v) is 4.69. The van der Waals surface area contributed by atoms with E-state index in [1.165, 1.54) is 31.8 Å². The van der Waals surface area contributed by atoms with Crippen molar-refractivity contribution in [3.8, 4) is 0 Å². The molecule has 2 N–H and O–H groups in total. The van der Waals surface area contributed by atoms with Crippen molar-refractivity contribution in [2.75, 3.05) is 25.4 Å². The van der Waals surface area contributed by atoms with Crippen molar-refractivity contribution in [3.63, 3.8) is 0 Å². The summed E-state index contributed by atoms with van der Waals surface area (Å²) in [5, 5.41) is 0.856. The highest BCUT2D eigenvalue weighted by atomic mass is 32.2. The van der Waals surface area contributed by atoms with E-state index in [1.807, 2.05) is 0 Å². The van der Waals surface area contributed by atoms with Crippen molar-refractivity contribution in [1.82, 2.24) is 4.90 Å². The lowest BCUT2D eigenvalue weighted by molar-refractivity contribution is 0.260. The molecule has 0 aromatic carbocycles. The van der Waals surface area contributed by atoms with Crippen molar-refractivity contribution in [1.29, 1.82) is 0 Å². The first-order valence-corrected chi connectivity index (χ1v) is 7.28. The molecule has 2 unspecified atom stereocenters. The quantitative estimate of drug-likeness (QED) is 0.785. The molecule has 1 heterocycles. The largest absolute Gasteiger partial charge is 0.327 e. The van der Waals surface area contributed by atoms with E-state index in [1.54, 1.807) is 0 Å². The van der Waals surface area contributed by atoms with Crippen LogP contribution in [0.3, 0.4) is 0 Å². The number of nitrogens with zero attached hydrogens (tertiary/aromatic N) is 1. The third-order valence-electron chi connectivity index (χ3n) is 3.31. The molecule has 0 aromatic rings. The van der Waals surface area contributed by atoms with Crippen LogP contribution in [0.2, 0.25) is 0 Å². The maximum atomic E-state index is 6.07. The lowest BCUT2D eigenvalue weighted by Gasteiger charge is -2.32. The molecule has 0 bridgehead atoms. The molecular weight excluding hydrogens is 204 g/mol. The van der Waals surface area contributed by atoms with Crippen molar-refractivity contribution in [3.05, 3.63) is 0 Å². The normalized spacial score (nSPS) is 25.8. The van der Waals surface area contributed by atoms with Crippen molar-refractivity contribution < 1.29 is 0 Å². The van der Waals surface area contributed by atoms with Crippen LogP contribution in [0.15, 0.2) is 0 Å². The van der Waals surface area contributed by atoms with E-state index in [9.17, 15) is 0 Å². The summed E-state index contributed by atoms with van der Waals surface area (Å²) in [7, 11) is 0. The molecule has 3 heteroatoms. The summed E-state index contributed by atoms with van der Waals surface area (Å²) in [6.07, 6.45) is 2.45. The van der Waals surface area contributed by atoms with Crippen LogP contribution in [0.4, 0.5) is 0 Å². The van der Waals surface area contributed by atoms with Gasteiger partial charge in [-0.15, -0.1) is 0 Å². The smallest absolute Gasteiger partial charge is 0.0172 e. The minimum atomic E-state index is 0.375. The van der Waals surface area contributed by atoms with E-state index in [0.29, 0.717) is 12.0 Å². The monoisotopic (exact) mass is 230 g/mol. The zero-order valence-corrected chi connectivity index (χ0v) is 11.2. The molecule has 1 fully saturated rings. The van der Waals surface area contributed by atoms with Crippen LogP contribution < -0.4 is 5.73 Å². The summed E-state index contributed by atoms with van der Waals surface area (Å²) in [5.41, 5.74) is 6.07. The minimum absolute atomic E-state index is 0.375. The molecule has 0 spiro atoms. The van der Waals surface area contributed by atoms with E-state index < -0.39 is 0 Å². The van der Waals surface area contributed by atoms with Crippen LogP contribution in [0.5, 0.6) is 0 Å². The molecule has 1 aliphatic rings. The fraction of sp³-hybridized carbons (Fsp3) is 1.00. The maximum absolute atomic E-state index is 6.07. The molecule has 0 radical (unpaired) electrons. The van der Waals surface area contributed by atoms with Crippen molar-refractivity contribution in [2.24, 2.45) is 11.7 Å². The third kappa shape index (κ3) is 4.75. The standard InChI is InChI=1S/C12H26N2S/c1-4-11-9-14(7-8-15-11)6-5-12(13)10(2)3/h10-12H,4-9,13H2,1-3H3. The zero-order chi connectivity index (χ0) is 11.3. The Balaban J connectivity index is 2.20.